The number of hydrogen-bond acceptors (Lipinski definition) is 4. The lowest BCUT2D eigenvalue weighted by Crippen LogP contribution is -2.53. The van der Waals surface area contributed by atoms with Gasteiger partial charge in [0.25, 0.3) is 5.91 Å². The fourth-order valence-corrected chi connectivity index (χ4v) is 2.89. The van der Waals surface area contributed by atoms with E-state index in [0.29, 0.717) is 18.5 Å². The largest absolute Gasteiger partial charge is 0.326 e. The molecule has 3 rings (SSSR count). The summed E-state index contributed by atoms with van der Waals surface area (Å²) in [5.74, 6) is -1.05. The smallest absolute Gasteiger partial charge is 0.258 e. The van der Waals surface area contributed by atoms with Crippen molar-refractivity contribution < 1.29 is 14.4 Å². The molecule has 3 atom stereocenters. The molecule has 6 heteroatoms. The van der Waals surface area contributed by atoms with Gasteiger partial charge in [0.15, 0.2) is 0 Å². The van der Waals surface area contributed by atoms with Crippen LogP contribution in [0.1, 0.15) is 12.8 Å². The predicted octanol–water partition coefficient (Wildman–Crippen LogP) is -0.771. The Morgan fingerprint density at radius 2 is 2.15 bits per heavy atom. The van der Waals surface area contributed by atoms with Crippen molar-refractivity contribution >= 4 is 17.7 Å². The summed E-state index contributed by atoms with van der Waals surface area (Å²) in [7, 11) is 0. The normalized spacial score (nSPS) is 32.9. The highest BCUT2D eigenvalue weighted by Crippen LogP contribution is 2.30. The van der Waals surface area contributed by atoms with Gasteiger partial charge in [-0.05, 0) is 12.5 Å². The van der Waals surface area contributed by atoms with E-state index in [1.54, 1.807) is 12.2 Å². The number of likely N-dealkylation sites (tertiary alicyclic amines) is 1. The molecule has 2 heterocycles. The molecule has 2 saturated heterocycles. The lowest BCUT2D eigenvalue weighted by atomic mass is 9.96. The number of piperidine rings is 1. The maximum absolute atomic E-state index is 12.4. The maximum atomic E-state index is 12.4. The van der Waals surface area contributed by atoms with Gasteiger partial charge in [-0.25, -0.2) is 0 Å². The van der Waals surface area contributed by atoms with E-state index < -0.39 is 11.9 Å². The molecule has 0 bridgehead atoms. The monoisotopic (exact) mass is 273 g/mol. The zero-order valence-corrected chi connectivity index (χ0v) is 10.8. The van der Waals surface area contributed by atoms with Crippen LogP contribution < -0.4 is 11.1 Å². The molecule has 0 aromatic heterocycles. The third-order valence-corrected chi connectivity index (χ3v) is 3.97. The van der Waals surface area contributed by atoms with Crippen molar-refractivity contribution in [2.45, 2.75) is 24.9 Å². The summed E-state index contributed by atoms with van der Waals surface area (Å²) in [5.41, 5.74) is 9.50. The van der Waals surface area contributed by atoms with Gasteiger partial charge in [-0.1, -0.05) is 12.2 Å². The molecule has 0 radical (unpaired) electrons. The van der Waals surface area contributed by atoms with E-state index in [9.17, 15) is 14.4 Å². The first-order valence-electron chi connectivity index (χ1n) is 6.61. The summed E-state index contributed by atoms with van der Waals surface area (Å²) in [6.07, 6.45) is 5.89. The van der Waals surface area contributed by atoms with Crippen molar-refractivity contribution in [1.29, 1.82) is 0 Å². The number of carbonyl (C=O) groups excluding carboxylic acids is 3. The van der Waals surface area contributed by atoms with Crippen molar-refractivity contribution in [2.24, 2.45) is 11.7 Å². The Morgan fingerprint density at radius 3 is 2.90 bits per heavy atom. The summed E-state index contributed by atoms with van der Waals surface area (Å²) in [5, 5.41) is 2.28. The molecule has 3 aliphatic rings. The molecule has 6 nitrogen and oxygen atoms in total. The van der Waals surface area contributed by atoms with Crippen molar-refractivity contribution in [3.05, 3.63) is 29.5 Å². The zero-order valence-electron chi connectivity index (χ0n) is 10.8. The molecule has 1 aliphatic carbocycles. The van der Waals surface area contributed by atoms with Crippen LogP contribution in [-0.4, -0.2) is 41.2 Å². The number of allylic oxidation sites excluding steroid dienone is 1. The van der Waals surface area contributed by atoms with Crippen LogP contribution in [0.25, 0.3) is 0 Å². The first kappa shape index (κ1) is 12.8. The Labute approximate surface area is 116 Å². The Hall–Kier alpha value is -2.17. The summed E-state index contributed by atoms with van der Waals surface area (Å²) in [6.45, 7) is 0.396. The van der Waals surface area contributed by atoms with Gasteiger partial charge in [-0.3, -0.25) is 19.7 Å². The quantitative estimate of drug-likeness (QED) is 0.484. The van der Waals surface area contributed by atoms with Crippen molar-refractivity contribution in [3.63, 3.8) is 0 Å². The van der Waals surface area contributed by atoms with Crippen LogP contribution in [0.4, 0.5) is 0 Å². The highest BCUT2D eigenvalue weighted by atomic mass is 16.2. The molecule has 2 aliphatic heterocycles. The van der Waals surface area contributed by atoms with E-state index in [1.807, 2.05) is 6.08 Å². The van der Waals surface area contributed by atoms with Gasteiger partial charge in [0.1, 0.15) is 6.04 Å². The Kier molecular flexibility index (Phi) is 3.04. The van der Waals surface area contributed by atoms with Crippen molar-refractivity contribution in [3.8, 4) is 0 Å². The molecular weight excluding hydrogens is 258 g/mol. The van der Waals surface area contributed by atoms with Crippen molar-refractivity contribution in [2.75, 3.05) is 6.54 Å². The third kappa shape index (κ3) is 1.99. The highest BCUT2D eigenvalue weighted by Gasteiger charge is 2.44. The molecule has 0 spiro atoms. The summed E-state index contributed by atoms with van der Waals surface area (Å²) in [4.78, 5) is 37.0. The number of fused-ring (bicyclic) bond motifs is 1. The van der Waals surface area contributed by atoms with Gasteiger partial charge < -0.3 is 10.6 Å². The van der Waals surface area contributed by atoms with Crippen LogP contribution in [0.15, 0.2) is 29.5 Å². The van der Waals surface area contributed by atoms with Crippen LogP contribution in [-0.2, 0) is 14.4 Å². The average molecular weight is 273 g/mol. The van der Waals surface area contributed by atoms with E-state index >= 15 is 0 Å². The number of nitrogens with two attached hydrogens (primary N) is 1. The molecule has 3 amide bonds. The molecule has 3 N–H and O–H groups in total. The van der Waals surface area contributed by atoms with Crippen LogP contribution >= 0.6 is 0 Å². The van der Waals surface area contributed by atoms with Crippen LogP contribution in [0.3, 0.4) is 0 Å². The summed E-state index contributed by atoms with van der Waals surface area (Å²) in [6, 6.07) is -0.851. The minimum atomic E-state index is -0.586. The minimum absolute atomic E-state index is 0.150. The predicted molar refractivity (Wildman–Crippen MR) is 70.1 cm³/mol. The third-order valence-electron chi connectivity index (χ3n) is 3.97. The van der Waals surface area contributed by atoms with Gasteiger partial charge in [0.2, 0.25) is 11.8 Å². The lowest BCUT2D eigenvalue weighted by molar-refractivity contribution is -0.142. The molecule has 3 unspecified atom stereocenters. The Balaban J connectivity index is 1.87. The number of imide groups is 1. The fraction of sp³-hybridized carbons (Fsp3) is 0.429. The van der Waals surface area contributed by atoms with E-state index in [2.05, 4.69) is 11.0 Å². The van der Waals surface area contributed by atoms with Crippen molar-refractivity contribution in [1.82, 2.24) is 10.2 Å². The molecule has 0 saturated carbocycles. The molecular formula is C14H15N3O3. The second kappa shape index (κ2) is 4.74. The van der Waals surface area contributed by atoms with E-state index in [1.165, 1.54) is 4.90 Å². The second-order valence-corrected chi connectivity index (χ2v) is 5.22. The fourth-order valence-electron chi connectivity index (χ4n) is 2.89. The van der Waals surface area contributed by atoms with Crippen LogP contribution in [0, 0.1) is 5.92 Å². The SMILES string of the molecule is NC1C=CC=C=C2C(=O)N(C3CCC(=O)NC3=O)CC21. The summed E-state index contributed by atoms with van der Waals surface area (Å²) < 4.78 is 0. The number of amides is 3. The van der Waals surface area contributed by atoms with E-state index in [0.717, 1.165) is 0 Å². The number of carbonyl (C=O) groups is 3. The number of nitrogens with one attached hydrogen (secondary N) is 1. The van der Waals surface area contributed by atoms with Gasteiger partial charge >= 0.3 is 0 Å². The number of nitrogens with zero attached hydrogens (tertiary/aromatic N) is 1. The molecule has 20 heavy (non-hydrogen) atoms. The molecule has 0 aromatic carbocycles. The first-order chi connectivity index (χ1) is 9.58. The Bertz CT molecular complexity index is 586. The van der Waals surface area contributed by atoms with E-state index in [-0.39, 0.29) is 30.2 Å². The standard InChI is InChI=1S/C14H15N3O3/c15-10-4-2-1-3-8-9(10)7-17(14(8)20)11-5-6-12(18)16-13(11)19/h1-2,4,9-11H,5-7,15H2,(H,16,18,19). The topological polar surface area (TPSA) is 92.5 Å². The second-order valence-electron chi connectivity index (χ2n) is 5.22. The van der Waals surface area contributed by atoms with Gasteiger partial charge in [0.05, 0.1) is 5.57 Å². The van der Waals surface area contributed by atoms with E-state index in [4.69, 9.17) is 5.73 Å². The maximum Gasteiger partial charge on any atom is 0.258 e. The number of rotatable bonds is 1. The van der Waals surface area contributed by atoms with Crippen LogP contribution in [0.2, 0.25) is 0 Å². The summed E-state index contributed by atoms with van der Waals surface area (Å²) >= 11 is 0. The Morgan fingerprint density at radius 1 is 1.35 bits per heavy atom. The average Bonchev–Trinajstić information content (AvgIpc) is 2.61. The number of hydrogen-bond donors (Lipinski definition) is 2. The first-order valence-corrected chi connectivity index (χ1v) is 6.61. The highest BCUT2D eigenvalue weighted by molar-refractivity contribution is 6.04. The minimum Gasteiger partial charge on any atom is -0.326 e. The molecule has 104 valence electrons. The zero-order chi connectivity index (χ0) is 14.3. The lowest BCUT2D eigenvalue weighted by Gasteiger charge is -2.29. The van der Waals surface area contributed by atoms with Gasteiger partial charge in [-0.2, -0.15) is 0 Å². The molecule has 0 aromatic rings. The van der Waals surface area contributed by atoms with Gasteiger partial charge in [-0.15, -0.1) is 5.73 Å². The van der Waals surface area contributed by atoms with Gasteiger partial charge in [0, 0.05) is 24.9 Å². The molecule has 2 fully saturated rings. The van der Waals surface area contributed by atoms with Crippen LogP contribution in [0.5, 0.6) is 0 Å².